The molecule has 76 valence electrons. The third-order valence-corrected chi connectivity index (χ3v) is 2.02. The number of hydrogen-bond acceptors (Lipinski definition) is 0. The average Bonchev–Trinajstić information content (AvgIpc) is 2.12. The van der Waals surface area contributed by atoms with E-state index in [1.807, 2.05) is 6.92 Å². The summed E-state index contributed by atoms with van der Waals surface area (Å²) in [5.74, 6) is 2.64. The quantitative estimate of drug-likeness (QED) is 0.333. The fourth-order valence-electron chi connectivity index (χ4n) is 1.18. The molecular weight excluding hydrogens is 168 g/mol. The molecule has 0 aromatic carbocycles. The van der Waals surface area contributed by atoms with Gasteiger partial charge in [-0.25, -0.2) is 0 Å². The van der Waals surface area contributed by atoms with Crippen molar-refractivity contribution in [2.75, 3.05) is 0 Å². The average molecular weight is 188 g/mol. The van der Waals surface area contributed by atoms with Gasteiger partial charge in [-0.2, -0.15) is 0 Å². The molecule has 0 N–H and O–H groups in total. The maximum Gasteiger partial charge on any atom is 0.00890 e. The molecule has 0 heteroatoms. The van der Waals surface area contributed by atoms with Crippen LogP contribution in [-0.4, -0.2) is 0 Å². The minimum absolute atomic E-state index is 0.881. The molecular formula is C14H20. The zero-order valence-electron chi connectivity index (χ0n) is 9.34. The van der Waals surface area contributed by atoms with Crippen molar-refractivity contribution in [3.8, 4) is 12.3 Å². The molecule has 0 amide bonds. The molecule has 0 aromatic heterocycles. The van der Waals surface area contributed by atoms with Crippen LogP contribution < -0.4 is 0 Å². The van der Waals surface area contributed by atoms with E-state index < -0.39 is 0 Å². The first kappa shape index (κ1) is 13.0. The third-order valence-electron chi connectivity index (χ3n) is 2.02. The van der Waals surface area contributed by atoms with Crippen LogP contribution in [0.25, 0.3) is 0 Å². The molecule has 0 unspecified atom stereocenters. The van der Waals surface area contributed by atoms with E-state index in [-0.39, 0.29) is 0 Å². The van der Waals surface area contributed by atoms with E-state index in [9.17, 15) is 0 Å². The van der Waals surface area contributed by atoms with Crippen molar-refractivity contribution in [1.82, 2.24) is 0 Å². The van der Waals surface area contributed by atoms with Gasteiger partial charge in [-0.05, 0) is 46.5 Å². The summed E-state index contributed by atoms with van der Waals surface area (Å²) in [5.41, 5.74) is 2.34. The molecule has 0 aliphatic carbocycles. The highest BCUT2D eigenvalue weighted by molar-refractivity contribution is 5.05. The molecule has 0 aromatic rings. The molecule has 0 saturated carbocycles. The second-order valence-electron chi connectivity index (χ2n) is 3.63. The summed E-state index contributed by atoms with van der Waals surface area (Å²) in [6.07, 6.45) is 14.7. The molecule has 0 fully saturated rings. The van der Waals surface area contributed by atoms with E-state index >= 15 is 0 Å². The van der Waals surface area contributed by atoms with Crippen molar-refractivity contribution in [3.05, 3.63) is 30.2 Å². The Hall–Kier alpha value is -0.960. The fraction of sp³-hybridized carbons (Fsp3) is 0.500. The van der Waals surface area contributed by atoms with E-state index in [1.54, 1.807) is 0 Å². The van der Waals surface area contributed by atoms with Gasteiger partial charge in [-0.3, -0.25) is 0 Å². The van der Waals surface area contributed by atoms with Gasteiger partial charge in [-0.1, -0.05) is 23.3 Å². The van der Waals surface area contributed by atoms with Crippen LogP contribution in [0.2, 0.25) is 0 Å². The van der Waals surface area contributed by atoms with Crippen LogP contribution in [0, 0.1) is 19.3 Å². The summed E-state index contributed by atoms with van der Waals surface area (Å²) >= 11 is 0. The highest BCUT2D eigenvalue weighted by Gasteiger charge is 1.88. The van der Waals surface area contributed by atoms with E-state index in [1.165, 1.54) is 5.57 Å². The lowest BCUT2D eigenvalue weighted by atomic mass is 10.1. The van der Waals surface area contributed by atoms with Crippen molar-refractivity contribution in [2.45, 2.75) is 46.0 Å². The number of unbranched alkanes of at least 4 members (excludes halogenated alkanes) is 2. The van der Waals surface area contributed by atoms with Gasteiger partial charge in [-0.15, -0.1) is 12.3 Å². The first-order valence-electron chi connectivity index (χ1n) is 5.18. The Morgan fingerprint density at radius 2 is 1.93 bits per heavy atom. The van der Waals surface area contributed by atoms with Crippen LogP contribution in [0.4, 0.5) is 0 Å². The largest absolute Gasteiger partial charge is 0.120 e. The number of allylic oxidation sites excluding steroid dienone is 4. The van der Waals surface area contributed by atoms with E-state index in [4.69, 9.17) is 13.3 Å². The smallest absolute Gasteiger partial charge is 0.00890 e. The summed E-state index contributed by atoms with van der Waals surface area (Å²) in [4.78, 5) is 0. The molecule has 14 heavy (non-hydrogen) atoms. The Bertz CT molecular complexity index is 231. The van der Waals surface area contributed by atoms with Crippen LogP contribution >= 0.6 is 0 Å². The molecule has 2 radical (unpaired) electrons. The van der Waals surface area contributed by atoms with E-state index in [0.717, 1.165) is 37.7 Å². The molecule has 0 heterocycles. The van der Waals surface area contributed by atoms with Crippen molar-refractivity contribution in [1.29, 1.82) is 0 Å². The number of terminal acetylenes is 1. The number of hydrogen-bond donors (Lipinski definition) is 0. The van der Waals surface area contributed by atoms with E-state index in [0.29, 0.717) is 0 Å². The van der Waals surface area contributed by atoms with Crippen LogP contribution in [-0.2, 0) is 0 Å². The van der Waals surface area contributed by atoms with Crippen LogP contribution in [0.3, 0.4) is 0 Å². The normalized spacial score (nSPS) is 12.7. The zero-order valence-corrected chi connectivity index (χ0v) is 9.34. The van der Waals surface area contributed by atoms with Crippen molar-refractivity contribution >= 4 is 0 Å². The molecule has 0 rings (SSSR count). The van der Waals surface area contributed by atoms with Gasteiger partial charge in [0.05, 0.1) is 0 Å². The first-order chi connectivity index (χ1) is 6.66. The second kappa shape index (κ2) is 8.63. The molecule has 0 spiro atoms. The Morgan fingerprint density at radius 1 is 1.21 bits per heavy atom. The van der Waals surface area contributed by atoms with Gasteiger partial charge in [0.2, 0.25) is 0 Å². The summed E-state index contributed by atoms with van der Waals surface area (Å²) in [6.45, 7) is 9.62. The summed E-state index contributed by atoms with van der Waals surface area (Å²) in [6, 6.07) is 0. The lowest BCUT2D eigenvalue weighted by Crippen LogP contribution is -1.78. The van der Waals surface area contributed by atoms with Crippen molar-refractivity contribution < 1.29 is 0 Å². The number of rotatable bonds is 6. The lowest BCUT2D eigenvalue weighted by molar-refractivity contribution is 0.863. The standard InChI is InChI=1S/C14H20/c1-5-6-7-8-11-14(4)12-9-10-13(2)3/h1-2,10-11H,6-9,12H2,3-4H3/b13-10-,14-11+. The molecule has 0 saturated heterocycles. The second-order valence-corrected chi connectivity index (χ2v) is 3.63. The SMILES string of the molecule is [CH]/C(C)=C/CC/C(C)=C/CCCC#C. The van der Waals surface area contributed by atoms with Gasteiger partial charge < -0.3 is 0 Å². The third kappa shape index (κ3) is 9.13. The predicted octanol–water partition coefficient (Wildman–Crippen LogP) is 4.17. The Labute approximate surface area is 89.1 Å². The minimum atomic E-state index is 0.881. The van der Waals surface area contributed by atoms with Crippen LogP contribution in [0.1, 0.15) is 46.0 Å². The molecule has 0 bridgehead atoms. The molecule has 0 aliphatic heterocycles. The first-order valence-corrected chi connectivity index (χ1v) is 5.18. The summed E-state index contributed by atoms with van der Waals surface area (Å²) in [7, 11) is 0. The van der Waals surface area contributed by atoms with Crippen LogP contribution in [0.15, 0.2) is 23.3 Å². The zero-order chi connectivity index (χ0) is 10.8. The van der Waals surface area contributed by atoms with Gasteiger partial charge in [0.15, 0.2) is 0 Å². The molecule has 0 aliphatic rings. The van der Waals surface area contributed by atoms with Crippen molar-refractivity contribution in [2.24, 2.45) is 0 Å². The van der Waals surface area contributed by atoms with Gasteiger partial charge in [0.25, 0.3) is 0 Å². The Morgan fingerprint density at radius 3 is 2.50 bits per heavy atom. The Kier molecular flexibility index (Phi) is 8.04. The fourth-order valence-corrected chi connectivity index (χ4v) is 1.18. The molecule has 0 atom stereocenters. The van der Waals surface area contributed by atoms with Gasteiger partial charge in [0.1, 0.15) is 0 Å². The van der Waals surface area contributed by atoms with Crippen LogP contribution in [0.5, 0.6) is 0 Å². The monoisotopic (exact) mass is 188 g/mol. The maximum absolute atomic E-state index is 5.54. The van der Waals surface area contributed by atoms with E-state index in [2.05, 4.69) is 25.0 Å². The van der Waals surface area contributed by atoms with Gasteiger partial charge in [0, 0.05) is 6.42 Å². The summed E-state index contributed by atoms with van der Waals surface area (Å²) < 4.78 is 0. The maximum atomic E-state index is 5.54. The minimum Gasteiger partial charge on any atom is -0.120 e. The Balaban J connectivity index is 3.58. The predicted molar refractivity (Wildman–Crippen MR) is 63.7 cm³/mol. The topological polar surface area (TPSA) is 0 Å². The highest BCUT2D eigenvalue weighted by Crippen LogP contribution is 2.08. The van der Waals surface area contributed by atoms with Gasteiger partial charge >= 0.3 is 0 Å². The highest BCUT2D eigenvalue weighted by atomic mass is 13.9. The lowest BCUT2D eigenvalue weighted by Gasteiger charge is -1.98. The summed E-state index contributed by atoms with van der Waals surface area (Å²) in [5, 5.41) is 0. The molecule has 0 nitrogen and oxygen atoms in total. The van der Waals surface area contributed by atoms with Crippen molar-refractivity contribution in [3.63, 3.8) is 0 Å².